The summed E-state index contributed by atoms with van der Waals surface area (Å²) in [6, 6.07) is 5.62. The van der Waals surface area contributed by atoms with E-state index in [9.17, 15) is 24.6 Å². The summed E-state index contributed by atoms with van der Waals surface area (Å²) in [5.74, 6) is 2.58. The molecule has 0 saturated carbocycles. The first kappa shape index (κ1) is 20.9. The van der Waals surface area contributed by atoms with E-state index in [0.717, 1.165) is 5.56 Å². The zero-order chi connectivity index (χ0) is 19.4. The second-order valence-corrected chi connectivity index (χ2v) is 5.43. The Bertz CT molecular complexity index is 623. The molecule has 1 aromatic rings. The second kappa shape index (κ2) is 11.4. The quantitative estimate of drug-likeness (QED) is 0.103. The van der Waals surface area contributed by atoms with Gasteiger partial charge >= 0.3 is 18.0 Å². The summed E-state index contributed by atoms with van der Waals surface area (Å²) in [6.45, 7) is 0.336. The predicted molar refractivity (Wildman–Crippen MR) is 94.6 cm³/mol. The minimum absolute atomic E-state index is 0.0855. The van der Waals surface area contributed by atoms with Crippen molar-refractivity contribution in [1.29, 1.82) is 0 Å². The third-order valence-electron chi connectivity index (χ3n) is 3.44. The molecule has 2 atom stereocenters. The maximum atomic E-state index is 12.0. The van der Waals surface area contributed by atoms with Crippen LogP contribution >= 0.6 is 0 Å². The molecule has 142 valence electrons. The van der Waals surface area contributed by atoms with Gasteiger partial charge in [0, 0.05) is 13.0 Å². The molecule has 0 bridgehead atoms. The van der Waals surface area contributed by atoms with Gasteiger partial charge in [0.25, 0.3) is 0 Å². The number of nitrogens with one attached hydrogen (secondary N) is 3. The van der Waals surface area contributed by atoms with Crippen LogP contribution in [0.25, 0.3) is 0 Å². The highest BCUT2D eigenvalue weighted by molar-refractivity contribution is 5.86. The van der Waals surface area contributed by atoms with Crippen molar-refractivity contribution in [2.75, 3.05) is 6.54 Å². The Hall–Kier alpha value is -3.14. The molecule has 0 heterocycles. The lowest BCUT2D eigenvalue weighted by molar-refractivity contribution is -0.139. The molecule has 0 aromatic heterocycles. The van der Waals surface area contributed by atoms with E-state index in [4.69, 9.17) is 5.84 Å². The number of hydrogen-bond donors (Lipinski definition) is 6. The normalized spacial score (nSPS) is 13.0. The summed E-state index contributed by atoms with van der Waals surface area (Å²) in [5.41, 5.74) is 2.96. The average molecular weight is 365 g/mol. The van der Waals surface area contributed by atoms with Crippen molar-refractivity contribution in [3.8, 4) is 0 Å². The summed E-state index contributed by atoms with van der Waals surface area (Å²) < 4.78 is 0. The minimum Gasteiger partial charge on any atom is -0.480 e. The van der Waals surface area contributed by atoms with Gasteiger partial charge in [-0.25, -0.2) is 20.2 Å². The smallest absolute Gasteiger partial charge is 0.326 e. The number of nitrogens with zero attached hydrogens (tertiary/aromatic N) is 1. The average Bonchev–Trinajstić information content (AvgIpc) is 2.60. The number of aliphatic imine (C=N–C) groups is 1. The van der Waals surface area contributed by atoms with E-state index in [1.807, 2.05) is 0 Å². The van der Waals surface area contributed by atoms with Gasteiger partial charge < -0.3 is 26.3 Å². The Balaban J connectivity index is 2.56. The molecular weight excluding hydrogens is 342 g/mol. The zero-order valence-corrected chi connectivity index (χ0v) is 14.1. The minimum atomic E-state index is -1.21. The summed E-state index contributed by atoms with van der Waals surface area (Å²) in [7, 11) is 0. The number of carboxylic acid groups (broad SMARTS) is 2. The molecule has 0 radical (unpaired) electrons. The Morgan fingerprint density at radius 1 is 1.08 bits per heavy atom. The fourth-order valence-electron chi connectivity index (χ4n) is 2.17. The predicted octanol–water partition coefficient (Wildman–Crippen LogP) is -0.293. The van der Waals surface area contributed by atoms with Gasteiger partial charge in [-0.15, -0.1) is 0 Å². The van der Waals surface area contributed by atoms with Gasteiger partial charge in [0.05, 0.1) is 6.34 Å². The molecule has 1 aromatic carbocycles. The van der Waals surface area contributed by atoms with Crippen LogP contribution in [0.5, 0.6) is 0 Å². The lowest BCUT2D eigenvalue weighted by atomic mass is 10.1. The van der Waals surface area contributed by atoms with Crippen LogP contribution in [-0.2, 0) is 16.0 Å². The molecule has 0 spiro atoms. The number of hydrogen-bond acceptors (Lipinski definition) is 5. The van der Waals surface area contributed by atoms with E-state index in [1.54, 1.807) is 30.3 Å². The fraction of sp³-hybridized carbons (Fsp3) is 0.375. The molecule has 2 amide bonds. The van der Waals surface area contributed by atoms with Gasteiger partial charge in [0.1, 0.15) is 12.1 Å². The standard InChI is InChI=1S/C16H23N5O5/c17-19-10-18-8-4-7-12(14(22)23)20-16(26)21-13(15(24)25)9-11-5-2-1-3-6-11/h1-3,5-6,10,12-13H,4,7-9,17H2,(H,18,19)(H,22,23)(H,24,25)(H2,20,21,26). The summed E-state index contributed by atoms with van der Waals surface area (Å²) >= 11 is 0. The molecule has 0 fully saturated rings. The Kier molecular flexibility index (Phi) is 9.18. The Morgan fingerprint density at radius 3 is 2.27 bits per heavy atom. The van der Waals surface area contributed by atoms with Crippen LogP contribution in [0.4, 0.5) is 4.79 Å². The fourth-order valence-corrected chi connectivity index (χ4v) is 2.17. The number of amides is 2. The van der Waals surface area contributed by atoms with E-state index in [1.165, 1.54) is 6.34 Å². The number of benzene rings is 1. The molecule has 1 rings (SSSR count). The molecule has 0 aliphatic rings. The molecule has 2 unspecified atom stereocenters. The van der Waals surface area contributed by atoms with Crippen molar-refractivity contribution < 1.29 is 24.6 Å². The Morgan fingerprint density at radius 2 is 1.69 bits per heavy atom. The lowest BCUT2D eigenvalue weighted by Crippen LogP contribution is -2.51. The molecule has 10 heteroatoms. The highest BCUT2D eigenvalue weighted by Gasteiger charge is 2.24. The van der Waals surface area contributed by atoms with Crippen LogP contribution < -0.4 is 21.9 Å². The van der Waals surface area contributed by atoms with E-state index >= 15 is 0 Å². The molecule has 26 heavy (non-hydrogen) atoms. The molecular formula is C16H23N5O5. The highest BCUT2D eigenvalue weighted by Crippen LogP contribution is 2.04. The van der Waals surface area contributed by atoms with Crippen molar-refractivity contribution in [1.82, 2.24) is 16.1 Å². The van der Waals surface area contributed by atoms with Crippen molar-refractivity contribution in [2.24, 2.45) is 10.8 Å². The van der Waals surface area contributed by atoms with Gasteiger partial charge in [-0.2, -0.15) is 0 Å². The van der Waals surface area contributed by atoms with Crippen molar-refractivity contribution in [3.05, 3.63) is 35.9 Å². The van der Waals surface area contributed by atoms with Crippen molar-refractivity contribution >= 4 is 24.3 Å². The van der Waals surface area contributed by atoms with Crippen LogP contribution in [0.3, 0.4) is 0 Å². The summed E-state index contributed by atoms with van der Waals surface area (Å²) in [6.07, 6.45) is 1.90. The third-order valence-corrected chi connectivity index (χ3v) is 3.44. The number of rotatable bonds is 11. The van der Waals surface area contributed by atoms with Crippen molar-refractivity contribution in [2.45, 2.75) is 31.3 Å². The van der Waals surface area contributed by atoms with Gasteiger partial charge in [0.2, 0.25) is 0 Å². The number of carbonyl (C=O) groups excluding carboxylic acids is 1. The SMILES string of the molecule is NNC=NCCCC(NC(=O)NC(Cc1ccccc1)C(=O)O)C(=O)O. The molecule has 0 aliphatic heterocycles. The lowest BCUT2D eigenvalue weighted by Gasteiger charge is -2.18. The first-order valence-electron chi connectivity index (χ1n) is 7.95. The van der Waals surface area contributed by atoms with Crippen molar-refractivity contribution in [3.63, 3.8) is 0 Å². The number of nitrogens with two attached hydrogens (primary N) is 1. The second-order valence-electron chi connectivity index (χ2n) is 5.43. The van der Waals surface area contributed by atoms with E-state index < -0.39 is 30.1 Å². The molecule has 7 N–H and O–H groups in total. The van der Waals surface area contributed by atoms with Gasteiger partial charge in [-0.3, -0.25) is 4.99 Å². The van der Waals surface area contributed by atoms with Gasteiger partial charge in [0.15, 0.2) is 0 Å². The van der Waals surface area contributed by atoms with E-state index in [-0.39, 0.29) is 12.8 Å². The van der Waals surface area contributed by atoms with Crippen LogP contribution in [0.15, 0.2) is 35.3 Å². The first-order chi connectivity index (χ1) is 12.4. The van der Waals surface area contributed by atoms with Crippen LogP contribution in [-0.4, -0.2) is 53.1 Å². The largest absolute Gasteiger partial charge is 0.480 e. The summed E-state index contributed by atoms with van der Waals surface area (Å²) in [5, 5.41) is 23.0. The van der Waals surface area contributed by atoms with Gasteiger partial charge in [-0.1, -0.05) is 30.3 Å². The maximum absolute atomic E-state index is 12.0. The number of aliphatic carboxylic acids is 2. The number of carbonyl (C=O) groups is 3. The molecule has 0 saturated heterocycles. The van der Waals surface area contributed by atoms with Crippen LogP contribution in [0.2, 0.25) is 0 Å². The first-order valence-corrected chi connectivity index (χ1v) is 7.95. The summed E-state index contributed by atoms with van der Waals surface area (Å²) in [4.78, 5) is 38.4. The Labute approximate surface area is 150 Å². The highest BCUT2D eigenvalue weighted by atomic mass is 16.4. The monoisotopic (exact) mass is 365 g/mol. The zero-order valence-electron chi connectivity index (χ0n) is 14.1. The topological polar surface area (TPSA) is 166 Å². The molecule has 10 nitrogen and oxygen atoms in total. The van der Waals surface area contributed by atoms with Crippen LogP contribution in [0, 0.1) is 0 Å². The number of hydrazine groups is 1. The third kappa shape index (κ3) is 8.11. The number of carboxylic acids is 2. The van der Waals surface area contributed by atoms with E-state index in [0.29, 0.717) is 13.0 Å². The molecule has 0 aliphatic carbocycles. The van der Waals surface area contributed by atoms with Gasteiger partial charge in [-0.05, 0) is 18.4 Å². The number of urea groups is 1. The maximum Gasteiger partial charge on any atom is 0.326 e. The van der Waals surface area contributed by atoms with E-state index in [2.05, 4.69) is 21.1 Å². The van der Waals surface area contributed by atoms with Crippen LogP contribution in [0.1, 0.15) is 18.4 Å².